The first kappa shape index (κ1) is 26.0. The van der Waals surface area contributed by atoms with Crippen molar-refractivity contribution in [2.75, 3.05) is 40.5 Å². The molecule has 0 saturated carbocycles. The molecule has 0 unspecified atom stereocenters. The summed E-state index contributed by atoms with van der Waals surface area (Å²) in [7, 11) is 2.86. The third kappa shape index (κ3) is 7.03. The zero-order valence-corrected chi connectivity index (χ0v) is 20.4. The van der Waals surface area contributed by atoms with Gasteiger partial charge in [-0.1, -0.05) is 6.07 Å². The van der Waals surface area contributed by atoms with Gasteiger partial charge < -0.3 is 24.4 Å². The second-order valence-corrected chi connectivity index (χ2v) is 6.71. The zero-order valence-electron chi connectivity index (χ0n) is 18.1. The Bertz CT molecular complexity index is 733. The van der Waals surface area contributed by atoms with Gasteiger partial charge in [0.05, 0.1) is 33.3 Å². The van der Waals surface area contributed by atoms with Gasteiger partial charge in [0.15, 0.2) is 5.96 Å². The molecule has 0 amide bonds. The second-order valence-electron chi connectivity index (χ2n) is 6.71. The lowest BCUT2D eigenvalue weighted by atomic mass is 9.97. The molecule has 0 radical (unpaired) electrons. The summed E-state index contributed by atoms with van der Waals surface area (Å²) in [6.07, 6.45) is 1.50. The van der Waals surface area contributed by atoms with Gasteiger partial charge in [0, 0.05) is 19.6 Å². The highest BCUT2D eigenvalue weighted by atomic mass is 127. The van der Waals surface area contributed by atoms with Crippen LogP contribution < -0.4 is 10.1 Å². The molecule has 2 rings (SSSR count). The van der Waals surface area contributed by atoms with Crippen LogP contribution in [0.1, 0.15) is 42.6 Å². The highest BCUT2D eigenvalue weighted by molar-refractivity contribution is 14.0. The van der Waals surface area contributed by atoms with Gasteiger partial charge in [-0.3, -0.25) is 4.79 Å². The van der Waals surface area contributed by atoms with E-state index in [1.807, 2.05) is 19.9 Å². The van der Waals surface area contributed by atoms with Gasteiger partial charge in [-0.25, -0.2) is 9.79 Å². The number of hydrogen-bond acceptors (Lipinski definition) is 6. The van der Waals surface area contributed by atoms with E-state index in [0.717, 1.165) is 44.0 Å². The van der Waals surface area contributed by atoms with E-state index < -0.39 is 5.97 Å². The van der Waals surface area contributed by atoms with Crippen LogP contribution in [0.25, 0.3) is 0 Å². The monoisotopic (exact) mass is 533 g/mol. The predicted octanol–water partition coefficient (Wildman–Crippen LogP) is 2.84. The first-order chi connectivity index (χ1) is 14.0. The molecule has 0 spiro atoms. The molecule has 168 valence electrons. The molecule has 0 aromatic heterocycles. The highest BCUT2D eigenvalue weighted by Crippen LogP contribution is 2.22. The van der Waals surface area contributed by atoms with Gasteiger partial charge in [-0.15, -0.1) is 24.0 Å². The van der Waals surface area contributed by atoms with E-state index in [1.54, 1.807) is 12.1 Å². The van der Waals surface area contributed by atoms with Crippen LogP contribution in [0.5, 0.6) is 5.75 Å². The fraction of sp³-hybridized carbons (Fsp3) is 0.571. The van der Waals surface area contributed by atoms with Crippen LogP contribution in [0.3, 0.4) is 0 Å². The lowest BCUT2D eigenvalue weighted by Gasteiger charge is -2.33. The fourth-order valence-electron chi connectivity index (χ4n) is 3.30. The van der Waals surface area contributed by atoms with Crippen LogP contribution in [0.15, 0.2) is 23.2 Å². The van der Waals surface area contributed by atoms with E-state index in [4.69, 9.17) is 19.2 Å². The number of esters is 2. The van der Waals surface area contributed by atoms with Gasteiger partial charge in [0.2, 0.25) is 0 Å². The minimum Gasteiger partial charge on any atom is -0.496 e. The van der Waals surface area contributed by atoms with Crippen LogP contribution >= 0.6 is 24.0 Å². The Hall–Kier alpha value is -2.04. The molecular formula is C21H32IN3O5. The van der Waals surface area contributed by atoms with E-state index in [1.165, 1.54) is 14.2 Å². The number of carbonyl (C=O) groups excluding carboxylic acids is 2. The Morgan fingerprint density at radius 2 is 1.90 bits per heavy atom. The number of carbonyl (C=O) groups is 2. The van der Waals surface area contributed by atoms with Crippen molar-refractivity contribution in [3.8, 4) is 5.75 Å². The molecule has 30 heavy (non-hydrogen) atoms. The van der Waals surface area contributed by atoms with Crippen molar-refractivity contribution in [2.24, 2.45) is 10.9 Å². The normalized spacial score (nSPS) is 14.5. The lowest BCUT2D eigenvalue weighted by Crippen LogP contribution is -2.46. The van der Waals surface area contributed by atoms with Gasteiger partial charge in [0.25, 0.3) is 0 Å². The van der Waals surface area contributed by atoms with E-state index in [0.29, 0.717) is 24.5 Å². The maximum absolute atomic E-state index is 12.0. The van der Waals surface area contributed by atoms with Crippen LogP contribution in [-0.4, -0.2) is 63.3 Å². The van der Waals surface area contributed by atoms with Crippen LogP contribution in [0, 0.1) is 5.92 Å². The van der Waals surface area contributed by atoms with Gasteiger partial charge >= 0.3 is 11.9 Å². The molecule has 1 saturated heterocycles. The number of guanidine groups is 1. The molecule has 0 atom stereocenters. The first-order valence-corrected chi connectivity index (χ1v) is 9.99. The molecule has 9 heteroatoms. The predicted molar refractivity (Wildman–Crippen MR) is 125 cm³/mol. The number of nitrogens with zero attached hydrogens (tertiary/aromatic N) is 2. The number of ether oxygens (including phenoxy) is 3. The standard InChI is InChI=1S/C21H31N3O5.HI/c1-5-22-21(24-11-9-16(10-12-24)19(25)29-6-2)23-14-15-7-8-18(27-3)17(13-15)20(26)28-4;/h7-8,13,16H,5-6,9-12,14H2,1-4H3,(H,22,23);1H. The molecule has 0 bridgehead atoms. The number of piperidine rings is 1. The summed E-state index contributed by atoms with van der Waals surface area (Å²) >= 11 is 0. The summed E-state index contributed by atoms with van der Waals surface area (Å²) < 4.78 is 15.2. The second kappa shape index (κ2) is 13.3. The lowest BCUT2D eigenvalue weighted by molar-refractivity contribution is -0.149. The topological polar surface area (TPSA) is 89.5 Å². The fourth-order valence-corrected chi connectivity index (χ4v) is 3.30. The Balaban J connectivity index is 0.00000450. The molecule has 8 nitrogen and oxygen atoms in total. The number of hydrogen-bond donors (Lipinski definition) is 1. The summed E-state index contributed by atoms with van der Waals surface area (Å²) in [5, 5.41) is 3.31. The molecule has 1 aliphatic heterocycles. The minimum absolute atomic E-state index is 0. The van der Waals surface area contributed by atoms with Crippen molar-refractivity contribution in [2.45, 2.75) is 33.2 Å². The maximum atomic E-state index is 12.0. The van der Waals surface area contributed by atoms with E-state index >= 15 is 0 Å². The molecule has 1 heterocycles. The third-order valence-corrected chi connectivity index (χ3v) is 4.83. The maximum Gasteiger partial charge on any atom is 0.341 e. The molecule has 1 N–H and O–H groups in total. The number of halogens is 1. The van der Waals surface area contributed by atoms with Crippen LogP contribution in [0.4, 0.5) is 0 Å². The van der Waals surface area contributed by atoms with Gasteiger partial charge in [-0.05, 0) is 44.4 Å². The third-order valence-electron chi connectivity index (χ3n) is 4.83. The SMILES string of the molecule is CCNC(=NCc1ccc(OC)c(C(=O)OC)c1)N1CCC(C(=O)OCC)CC1.I. The zero-order chi connectivity index (χ0) is 21.2. The number of aliphatic imine (C=N–C) groups is 1. The van der Waals surface area contributed by atoms with Crippen molar-refractivity contribution in [1.29, 1.82) is 0 Å². The Morgan fingerprint density at radius 1 is 1.20 bits per heavy atom. The van der Waals surface area contributed by atoms with E-state index in [-0.39, 0.29) is 35.9 Å². The molecule has 1 fully saturated rings. The molecular weight excluding hydrogens is 501 g/mol. The number of nitrogens with one attached hydrogen (secondary N) is 1. The highest BCUT2D eigenvalue weighted by Gasteiger charge is 2.27. The average molecular weight is 533 g/mol. The first-order valence-electron chi connectivity index (χ1n) is 9.99. The Morgan fingerprint density at radius 3 is 2.47 bits per heavy atom. The largest absolute Gasteiger partial charge is 0.496 e. The quantitative estimate of drug-likeness (QED) is 0.250. The van der Waals surface area contributed by atoms with E-state index in [9.17, 15) is 9.59 Å². The molecule has 1 aliphatic rings. The van der Waals surface area contributed by atoms with Crippen LogP contribution in [0.2, 0.25) is 0 Å². The van der Waals surface area contributed by atoms with Crippen LogP contribution in [-0.2, 0) is 20.8 Å². The molecule has 1 aromatic carbocycles. The van der Waals surface area contributed by atoms with E-state index in [2.05, 4.69) is 10.2 Å². The summed E-state index contributed by atoms with van der Waals surface area (Å²) in [6.45, 7) is 6.90. The number of benzene rings is 1. The van der Waals surface area contributed by atoms with Crippen molar-refractivity contribution in [3.05, 3.63) is 29.3 Å². The number of methoxy groups -OCH3 is 2. The summed E-state index contributed by atoms with van der Waals surface area (Å²) in [6, 6.07) is 5.37. The number of rotatable bonds is 7. The van der Waals surface area contributed by atoms with Gasteiger partial charge in [-0.2, -0.15) is 0 Å². The summed E-state index contributed by atoms with van der Waals surface area (Å²) in [4.78, 5) is 30.8. The summed E-state index contributed by atoms with van der Waals surface area (Å²) in [5.41, 5.74) is 1.26. The average Bonchev–Trinajstić information content (AvgIpc) is 2.76. The molecule has 0 aliphatic carbocycles. The Labute approximate surface area is 195 Å². The van der Waals surface area contributed by atoms with Crippen molar-refractivity contribution in [1.82, 2.24) is 10.2 Å². The van der Waals surface area contributed by atoms with Crippen molar-refractivity contribution in [3.63, 3.8) is 0 Å². The van der Waals surface area contributed by atoms with Crippen molar-refractivity contribution >= 4 is 41.9 Å². The summed E-state index contributed by atoms with van der Waals surface area (Å²) in [5.74, 6) is 0.671. The molecule has 1 aromatic rings. The van der Waals surface area contributed by atoms with Gasteiger partial charge in [0.1, 0.15) is 11.3 Å². The minimum atomic E-state index is -0.444. The smallest absolute Gasteiger partial charge is 0.341 e. The Kier molecular flexibility index (Phi) is 11.5. The number of likely N-dealkylation sites (tertiary alicyclic amines) is 1. The van der Waals surface area contributed by atoms with Crippen molar-refractivity contribution < 1.29 is 23.8 Å².